The van der Waals surface area contributed by atoms with Crippen molar-refractivity contribution in [1.82, 2.24) is 29.9 Å². The zero-order valence-corrected chi connectivity index (χ0v) is 19.4. The molecule has 1 aromatic carbocycles. The minimum atomic E-state index is -0.164. The zero-order valence-electron chi connectivity index (χ0n) is 19.4. The Morgan fingerprint density at radius 1 is 1.09 bits per heavy atom. The Morgan fingerprint density at radius 2 is 1.84 bits per heavy atom. The molecule has 1 saturated heterocycles. The van der Waals surface area contributed by atoms with Gasteiger partial charge in [0.25, 0.3) is 5.91 Å². The van der Waals surface area contributed by atoms with Crippen LogP contribution in [-0.2, 0) is 24.2 Å². The summed E-state index contributed by atoms with van der Waals surface area (Å²) < 4.78 is 1.98. The third-order valence-electron chi connectivity index (χ3n) is 6.89. The average molecular weight is 439 g/mol. The van der Waals surface area contributed by atoms with Gasteiger partial charge in [0, 0.05) is 39.1 Å². The van der Waals surface area contributed by atoms with E-state index in [0.717, 1.165) is 63.3 Å². The van der Waals surface area contributed by atoms with Crippen LogP contribution in [0.3, 0.4) is 0 Å². The predicted molar refractivity (Wildman–Crippen MR) is 122 cm³/mol. The summed E-state index contributed by atoms with van der Waals surface area (Å²) in [5.74, 6) is 1.32. The lowest BCUT2D eigenvalue weighted by Gasteiger charge is -2.27. The number of amides is 2. The smallest absolute Gasteiger partial charge is 0.289 e. The van der Waals surface area contributed by atoms with E-state index < -0.39 is 0 Å². The van der Waals surface area contributed by atoms with Gasteiger partial charge in [-0.25, -0.2) is 0 Å². The SMILES string of the molecule is Cc1ccc(CC(=O)N2CC[C@@]3(CCc4nnc(C(=O)NCCN(C)C)n4CC3)C2)cc1. The third kappa shape index (κ3) is 5.01. The number of carbonyl (C=O) groups is 2. The molecule has 2 amide bonds. The topological polar surface area (TPSA) is 83.4 Å². The molecule has 2 aliphatic heterocycles. The Hall–Kier alpha value is -2.74. The van der Waals surface area contributed by atoms with Crippen molar-refractivity contribution in [2.24, 2.45) is 5.41 Å². The normalized spacial score (nSPS) is 20.4. The van der Waals surface area contributed by atoms with Crippen LogP contribution in [0, 0.1) is 12.3 Å². The molecule has 172 valence electrons. The van der Waals surface area contributed by atoms with Crippen LogP contribution >= 0.6 is 0 Å². The molecule has 0 unspecified atom stereocenters. The number of nitrogens with zero attached hydrogens (tertiary/aromatic N) is 5. The minimum Gasteiger partial charge on any atom is -0.348 e. The van der Waals surface area contributed by atoms with Crippen LogP contribution in [0.15, 0.2) is 24.3 Å². The fraction of sp³-hybridized carbons (Fsp3) is 0.583. The van der Waals surface area contributed by atoms with E-state index in [9.17, 15) is 9.59 Å². The third-order valence-corrected chi connectivity index (χ3v) is 6.89. The Balaban J connectivity index is 1.36. The van der Waals surface area contributed by atoms with E-state index >= 15 is 0 Å². The van der Waals surface area contributed by atoms with Crippen molar-refractivity contribution in [2.45, 2.75) is 45.6 Å². The van der Waals surface area contributed by atoms with Gasteiger partial charge < -0.3 is 19.7 Å². The van der Waals surface area contributed by atoms with Crippen molar-refractivity contribution in [2.75, 3.05) is 40.3 Å². The molecule has 1 atom stereocenters. The number of hydrogen-bond acceptors (Lipinski definition) is 5. The van der Waals surface area contributed by atoms with Crippen LogP contribution in [0.2, 0.25) is 0 Å². The Labute approximate surface area is 190 Å². The predicted octanol–water partition coefficient (Wildman–Crippen LogP) is 1.68. The van der Waals surface area contributed by atoms with Gasteiger partial charge in [-0.15, -0.1) is 10.2 Å². The van der Waals surface area contributed by atoms with E-state index in [1.54, 1.807) is 0 Å². The van der Waals surface area contributed by atoms with E-state index in [0.29, 0.717) is 18.8 Å². The van der Waals surface area contributed by atoms with Gasteiger partial charge in [0.1, 0.15) is 5.82 Å². The lowest BCUT2D eigenvalue weighted by Crippen LogP contribution is -2.34. The highest BCUT2D eigenvalue weighted by atomic mass is 16.2. The van der Waals surface area contributed by atoms with E-state index in [2.05, 4.69) is 34.6 Å². The second kappa shape index (κ2) is 9.40. The summed E-state index contributed by atoms with van der Waals surface area (Å²) in [6.45, 7) is 5.74. The number of likely N-dealkylation sites (tertiary alicyclic amines) is 1. The molecule has 1 N–H and O–H groups in total. The van der Waals surface area contributed by atoms with Gasteiger partial charge >= 0.3 is 0 Å². The van der Waals surface area contributed by atoms with Crippen LogP contribution in [0.5, 0.6) is 0 Å². The number of rotatable bonds is 6. The molecular formula is C24H34N6O2. The highest BCUT2D eigenvalue weighted by molar-refractivity contribution is 5.90. The molecular weight excluding hydrogens is 404 g/mol. The first-order valence-corrected chi connectivity index (χ1v) is 11.5. The largest absolute Gasteiger partial charge is 0.348 e. The Morgan fingerprint density at radius 3 is 2.59 bits per heavy atom. The standard InChI is InChI=1S/C24H34N6O2/c1-18-4-6-19(7-5-18)16-21(31)29-13-10-24(17-29)9-8-20-26-27-22(30(20)14-11-24)23(32)25-12-15-28(2)3/h4-7H,8-17H2,1-3H3,(H,25,32)/t24-/m1/s1. The molecule has 8 heteroatoms. The molecule has 4 rings (SSSR count). The molecule has 0 radical (unpaired) electrons. The molecule has 1 spiro atoms. The molecule has 1 fully saturated rings. The van der Waals surface area contributed by atoms with Crippen LogP contribution in [-0.4, -0.2) is 76.7 Å². The van der Waals surface area contributed by atoms with E-state index in [1.165, 1.54) is 5.56 Å². The Kier molecular flexibility index (Phi) is 6.60. The minimum absolute atomic E-state index is 0.0995. The number of carbonyl (C=O) groups excluding carboxylic acids is 2. The molecule has 2 aliphatic rings. The highest BCUT2D eigenvalue weighted by Gasteiger charge is 2.41. The molecule has 2 aromatic rings. The molecule has 1 aromatic heterocycles. The lowest BCUT2D eigenvalue weighted by atomic mass is 9.80. The lowest BCUT2D eigenvalue weighted by molar-refractivity contribution is -0.129. The first-order valence-electron chi connectivity index (χ1n) is 11.5. The summed E-state index contributed by atoms with van der Waals surface area (Å²) in [5, 5.41) is 11.4. The molecule has 0 bridgehead atoms. The van der Waals surface area contributed by atoms with Gasteiger partial charge in [0.15, 0.2) is 0 Å². The summed E-state index contributed by atoms with van der Waals surface area (Å²) in [6, 6.07) is 8.20. The van der Waals surface area contributed by atoms with Crippen molar-refractivity contribution >= 4 is 11.8 Å². The Bertz CT molecular complexity index is 967. The summed E-state index contributed by atoms with van der Waals surface area (Å²) in [4.78, 5) is 29.6. The van der Waals surface area contributed by atoms with Crippen LogP contribution in [0.1, 0.15) is 46.8 Å². The number of hydrogen-bond donors (Lipinski definition) is 1. The van der Waals surface area contributed by atoms with Crippen LogP contribution < -0.4 is 5.32 Å². The van der Waals surface area contributed by atoms with Crippen molar-refractivity contribution in [3.05, 3.63) is 47.0 Å². The summed E-state index contributed by atoms with van der Waals surface area (Å²) in [6.07, 6.45) is 4.17. The first kappa shape index (κ1) is 22.5. The fourth-order valence-electron chi connectivity index (χ4n) is 4.79. The van der Waals surface area contributed by atoms with Gasteiger partial charge in [-0.2, -0.15) is 0 Å². The first-order chi connectivity index (χ1) is 15.3. The maximum absolute atomic E-state index is 12.9. The van der Waals surface area contributed by atoms with Gasteiger partial charge in [-0.05, 0) is 51.3 Å². The van der Waals surface area contributed by atoms with E-state index in [-0.39, 0.29) is 17.2 Å². The number of nitrogens with one attached hydrogen (secondary N) is 1. The number of aromatic nitrogens is 3. The summed E-state index contributed by atoms with van der Waals surface area (Å²) in [7, 11) is 3.95. The number of fused-ring (bicyclic) bond motifs is 1. The van der Waals surface area contributed by atoms with E-state index in [1.807, 2.05) is 40.6 Å². The van der Waals surface area contributed by atoms with Crippen molar-refractivity contribution in [1.29, 1.82) is 0 Å². The monoisotopic (exact) mass is 438 g/mol. The molecule has 0 saturated carbocycles. The number of aryl methyl sites for hydroxylation is 2. The van der Waals surface area contributed by atoms with Gasteiger partial charge in [-0.1, -0.05) is 29.8 Å². The maximum Gasteiger partial charge on any atom is 0.289 e. The van der Waals surface area contributed by atoms with Gasteiger partial charge in [0.05, 0.1) is 6.42 Å². The van der Waals surface area contributed by atoms with Crippen LogP contribution in [0.25, 0.3) is 0 Å². The molecule has 32 heavy (non-hydrogen) atoms. The second-order valence-corrected chi connectivity index (χ2v) is 9.63. The van der Waals surface area contributed by atoms with E-state index in [4.69, 9.17) is 0 Å². The fourth-order valence-corrected chi connectivity index (χ4v) is 4.79. The summed E-state index contributed by atoms with van der Waals surface area (Å²) in [5.41, 5.74) is 2.37. The molecule has 8 nitrogen and oxygen atoms in total. The maximum atomic E-state index is 12.9. The number of benzene rings is 1. The second-order valence-electron chi connectivity index (χ2n) is 9.63. The van der Waals surface area contributed by atoms with Crippen LogP contribution in [0.4, 0.5) is 0 Å². The average Bonchev–Trinajstić information content (AvgIpc) is 3.32. The van der Waals surface area contributed by atoms with Crippen molar-refractivity contribution in [3.63, 3.8) is 0 Å². The number of likely N-dealkylation sites (N-methyl/N-ethyl adjacent to an activating group) is 1. The van der Waals surface area contributed by atoms with Crippen molar-refractivity contribution in [3.8, 4) is 0 Å². The van der Waals surface area contributed by atoms with Gasteiger partial charge in [-0.3, -0.25) is 9.59 Å². The molecule has 3 heterocycles. The van der Waals surface area contributed by atoms with Gasteiger partial charge in [0.2, 0.25) is 11.7 Å². The molecule has 0 aliphatic carbocycles. The summed E-state index contributed by atoms with van der Waals surface area (Å²) >= 11 is 0. The zero-order chi connectivity index (χ0) is 22.7. The quantitative estimate of drug-likeness (QED) is 0.742. The highest BCUT2D eigenvalue weighted by Crippen LogP contribution is 2.41. The van der Waals surface area contributed by atoms with Crippen molar-refractivity contribution < 1.29 is 9.59 Å².